The van der Waals surface area contributed by atoms with E-state index in [1.165, 1.54) is 38.1 Å². The molecule has 2 aromatic carbocycles. The summed E-state index contributed by atoms with van der Waals surface area (Å²) in [5.74, 6) is -0.735. The molecule has 0 aliphatic carbocycles. The van der Waals surface area contributed by atoms with Gasteiger partial charge in [-0.1, -0.05) is 29.8 Å². The second-order valence-electron chi connectivity index (χ2n) is 5.86. The number of anilines is 1. The summed E-state index contributed by atoms with van der Waals surface area (Å²) >= 11 is 6.03. The zero-order valence-electron chi connectivity index (χ0n) is 14.8. The van der Waals surface area contributed by atoms with E-state index in [2.05, 4.69) is 15.4 Å². The maximum absolute atomic E-state index is 12.4. The van der Waals surface area contributed by atoms with Gasteiger partial charge in [-0.25, -0.2) is 8.42 Å². The number of rotatable bonds is 7. The molecule has 0 bridgehead atoms. The van der Waals surface area contributed by atoms with E-state index in [-0.39, 0.29) is 17.3 Å². The predicted molar refractivity (Wildman–Crippen MR) is 104 cm³/mol. The first-order valence-electron chi connectivity index (χ1n) is 8.10. The van der Waals surface area contributed by atoms with Crippen molar-refractivity contribution in [3.8, 4) is 0 Å². The molecule has 0 saturated heterocycles. The number of halogens is 1. The number of sulfonamides is 1. The Labute approximate surface area is 163 Å². The standard InChI is InChI=1S/C18H20ClN3O4S/c1-12(18(24)20-11-14-5-3-4-6-17(14)19)22-27(25,26)16-9-7-15(8-10-16)21-13(2)23/h3-10,12,22H,11H2,1-2H3,(H,20,24)(H,21,23)/t12-/m0/s1. The first kappa shape index (κ1) is 20.9. The van der Waals surface area contributed by atoms with Gasteiger partial charge in [0.2, 0.25) is 21.8 Å². The van der Waals surface area contributed by atoms with E-state index in [9.17, 15) is 18.0 Å². The molecule has 0 aliphatic rings. The maximum Gasteiger partial charge on any atom is 0.241 e. The number of hydrogen-bond acceptors (Lipinski definition) is 4. The molecule has 0 radical (unpaired) electrons. The average molecular weight is 410 g/mol. The lowest BCUT2D eigenvalue weighted by Gasteiger charge is -2.15. The summed E-state index contributed by atoms with van der Waals surface area (Å²) in [6.45, 7) is 3.00. The molecule has 0 aliphatic heterocycles. The maximum atomic E-state index is 12.4. The molecule has 0 aromatic heterocycles. The van der Waals surface area contributed by atoms with Crippen molar-refractivity contribution in [2.45, 2.75) is 31.3 Å². The third-order valence-corrected chi connectivity index (χ3v) is 5.55. The highest BCUT2D eigenvalue weighted by Gasteiger charge is 2.22. The summed E-state index contributed by atoms with van der Waals surface area (Å²) in [7, 11) is -3.89. The summed E-state index contributed by atoms with van der Waals surface area (Å²) < 4.78 is 27.1. The van der Waals surface area contributed by atoms with Crippen molar-refractivity contribution >= 4 is 39.1 Å². The van der Waals surface area contributed by atoms with E-state index in [1.807, 2.05) is 0 Å². The highest BCUT2D eigenvalue weighted by molar-refractivity contribution is 7.89. The number of amides is 2. The Morgan fingerprint density at radius 3 is 2.30 bits per heavy atom. The minimum absolute atomic E-state index is 0.0117. The van der Waals surface area contributed by atoms with Crippen molar-refractivity contribution in [2.24, 2.45) is 0 Å². The highest BCUT2D eigenvalue weighted by Crippen LogP contribution is 2.15. The Morgan fingerprint density at radius 2 is 1.70 bits per heavy atom. The van der Waals surface area contributed by atoms with Crippen LogP contribution in [0.4, 0.5) is 5.69 Å². The van der Waals surface area contributed by atoms with Crippen LogP contribution in [0.1, 0.15) is 19.4 Å². The molecule has 9 heteroatoms. The Kier molecular flexibility index (Phi) is 6.95. The van der Waals surface area contributed by atoms with Crippen molar-refractivity contribution in [2.75, 3.05) is 5.32 Å². The minimum atomic E-state index is -3.89. The van der Waals surface area contributed by atoms with Crippen molar-refractivity contribution in [1.29, 1.82) is 0 Å². The number of hydrogen-bond donors (Lipinski definition) is 3. The molecule has 0 fully saturated rings. The lowest BCUT2D eigenvalue weighted by atomic mass is 10.2. The van der Waals surface area contributed by atoms with E-state index in [1.54, 1.807) is 24.3 Å². The van der Waals surface area contributed by atoms with Gasteiger partial charge in [0.1, 0.15) is 0 Å². The van der Waals surface area contributed by atoms with Crippen LogP contribution in [0, 0.1) is 0 Å². The first-order chi connectivity index (χ1) is 12.7. The van der Waals surface area contributed by atoms with Crippen molar-refractivity contribution in [1.82, 2.24) is 10.0 Å². The smallest absolute Gasteiger partial charge is 0.241 e. The molecule has 7 nitrogen and oxygen atoms in total. The Bertz CT molecular complexity index is 930. The third kappa shape index (κ3) is 6.06. The molecule has 0 heterocycles. The summed E-state index contributed by atoms with van der Waals surface area (Å²) in [6.07, 6.45) is 0. The fourth-order valence-electron chi connectivity index (χ4n) is 2.25. The number of benzene rings is 2. The van der Waals surface area contributed by atoms with E-state index >= 15 is 0 Å². The van der Waals surface area contributed by atoms with Crippen molar-refractivity contribution < 1.29 is 18.0 Å². The zero-order valence-corrected chi connectivity index (χ0v) is 16.4. The van der Waals surface area contributed by atoms with Crippen LogP contribution in [0.3, 0.4) is 0 Å². The second kappa shape index (κ2) is 8.98. The van der Waals surface area contributed by atoms with E-state index in [0.717, 1.165) is 5.56 Å². The molecule has 2 rings (SSSR count). The van der Waals surface area contributed by atoms with Crippen LogP contribution >= 0.6 is 11.6 Å². The predicted octanol–water partition coefficient (Wildman–Crippen LogP) is 2.28. The molecule has 3 N–H and O–H groups in total. The van der Waals surface area contributed by atoms with Gasteiger partial charge in [0.25, 0.3) is 0 Å². The average Bonchev–Trinajstić information content (AvgIpc) is 2.60. The van der Waals surface area contributed by atoms with Crippen LogP contribution in [-0.2, 0) is 26.2 Å². The summed E-state index contributed by atoms with van der Waals surface area (Å²) in [4.78, 5) is 23.2. The monoisotopic (exact) mass is 409 g/mol. The SMILES string of the molecule is CC(=O)Nc1ccc(S(=O)(=O)N[C@@H](C)C(=O)NCc2ccccc2Cl)cc1. The fourth-order valence-corrected chi connectivity index (χ4v) is 3.66. The second-order valence-corrected chi connectivity index (χ2v) is 7.98. The summed E-state index contributed by atoms with van der Waals surface area (Å²) in [6, 6.07) is 11.7. The molecular weight excluding hydrogens is 390 g/mol. The van der Waals surface area contributed by atoms with Gasteiger partial charge in [-0.2, -0.15) is 4.72 Å². The van der Waals surface area contributed by atoms with Crippen molar-refractivity contribution in [3.63, 3.8) is 0 Å². The van der Waals surface area contributed by atoms with Gasteiger partial charge < -0.3 is 10.6 Å². The Balaban J connectivity index is 1.98. The molecular formula is C18H20ClN3O4S. The van der Waals surface area contributed by atoms with Gasteiger partial charge >= 0.3 is 0 Å². The minimum Gasteiger partial charge on any atom is -0.351 e. The molecule has 2 aromatic rings. The first-order valence-corrected chi connectivity index (χ1v) is 9.96. The number of carbonyl (C=O) groups is 2. The Morgan fingerprint density at radius 1 is 1.07 bits per heavy atom. The zero-order chi connectivity index (χ0) is 20.0. The molecule has 0 spiro atoms. The van der Waals surface area contributed by atoms with E-state index in [0.29, 0.717) is 10.7 Å². The summed E-state index contributed by atoms with van der Waals surface area (Å²) in [5, 5.41) is 5.72. The van der Waals surface area contributed by atoms with Gasteiger partial charge in [-0.3, -0.25) is 9.59 Å². The van der Waals surface area contributed by atoms with Crippen LogP contribution in [0.2, 0.25) is 5.02 Å². The van der Waals surface area contributed by atoms with Gasteiger partial charge in [0, 0.05) is 24.2 Å². The van der Waals surface area contributed by atoms with Crippen molar-refractivity contribution in [3.05, 3.63) is 59.1 Å². The van der Waals surface area contributed by atoms with Crippen LogP contribution < -0.4 is 15.4 Å². The van der Waals surface area contributed by atoms with E-state index < -0.39 is 22.0 Å². The molecule has 0 unspecified atom stereocenters. The normalized spacial score (nSPS) is 12.3. The summed E-state index contributed by atoms with van der Waals surface area (Å²) in [5.41, 5.74) is 1.21. The third-order valence-electron chi connectivity index (χ3n) is 3.62. The van der Waals surface area contributed by atoms with Crippen LogP contribution in [0.25, 0.3) is 0 Å². The molecule has 0 saturated carbocycles. The van der Waals surface area contributed by atoms with Gasteiger partial charge in [-0.05, 0) is 42.8 Å². The quantitative estimate of drug-likeness (QED) is 0.652. The lowest BCUT2D eigenvalue weighted by Crippen LogP contribution is -2.44. The number of nitrogens with one attached hydrogen (secondary N) is 3. The molecule has 1 atom stereocenters. The van der Waals surface area contributed by atoms with Crippen LogP contribution in [-0.4, -0.2) is 26.3 Å². The largest absolute Gasteiger partial charge is 0.351 e. The van der Waals surface area contributed by atoms with Crippen LogP contribution in [0.15, 0.2) is 53.4 Å². The molecule has 2 amide bonds. The topological polar surface area (TPSA) is 104 Å². The van der Waals surface area contributed by atoms with Gasteiger partial charge in [0.05, 0.1) is 10.9 Å². The van der Waals surface area contributed by atoms with Gasteiger partial charge in [0.15, 0.2) is 0 Å². The molecule has 27 heavy (non-hydrogen) atoms. The molecule has 144 valence electrons. The number of carbonyl (C=O) groups excluding carboxylic acids is 2. The van der Waals surface area contributed by atoms with Crippen LogP contribution in [0.5, 0.6) is 0 Å². The van der Waals surface area contributed by atoms with Gasteiger partial charge in [-0.15, -0.1) is 0 Å². The Hall–Kier alpha value is -2.42. The fraction of sp³-hybridized carbons (Fsp3) is 0.222. The lowest BCUT2D eigenvalue weighted by molar-refractivity contribution is -0.122. The highest BCUT2D eigenvalue weighted by atomic mass is 35.5. The van der Waals surface area contributed by atoms with E-state index in [4.69, 9.17) is 11.6 Å².